The third kappa shape index (κ3) is 3.09. The normalized spacial score (nSPS) is 26.6. The maximum absolute atomic E-state index is 9.84. The van der Waals surface area contributed by atoms with E-state index in [0.29, 0.717) is 30.5 Å². The van der Waals surface area contributed by atoms with Crippen molar-refractivity contribution in [1.29, 1.82) is 0 Å². The van der Waals surface area contributed by atoms with Gasteiger partial charge in [-0.05, 0) is 35.4 Å². The Morgan fingerprint density at radius 1 is 0.741 bits per heavy atom. The molecule has 2 saturated heterocycles. The molecule has 0 saturated carbocycles. The average molecular weight is 372 g/mol. The van der Waals surface area contributed by atoms with Crippen LogP contribution in [0.1, 0.15) is 23.3 Å². The molecule has 0 spiro atoms. The number of hydrogen-bond donors (Lipinski definition) is 1. The Morgan fingerprint density at radius 2 is 1.26 bits per heavy atom. The van der Waals surface area contributed by atoms with Gasteiger partial charge in [0, 0.05) is 11.8 Å². The van der Waals surface area contributed by atoms with E-state index in [2.05, 4.69) is 0 Å². The van der Waals surface area contributed by atoms with Gasteiger partial charge in [-0.2, -0.15) is 0 Å². The van der Waals surface area contributed by atoms with Crippen molar-refractivity contribution < 1.29 is 28.8 Å². The summed E-state index contributed by atoms with van der Waals surface area (Å²) in [6.45, 7) is 1.25. The molecule has 2 aromatic carbocycles. The minimum atomic E-state index is -0.0744. The molecule has 0 bridgehead atoms. The van der Waals surface area contributed by atoms with Crippen LogP contribution in [0.4, 0.5) is 0 Å². The Kier molecular flexibility index (Phi) is 4.85. The first-order chi connectivity index (χ1) is 13.2. The van der Waals surface area contributed by atoms with Gasteiger partial charge in [-0.15, -0.1) is 0 Å². The zero-order valence-electron chi connectivity index (χ0n) is 15.7. The number of phenolic OH excluding ortho intramolecular Hbond substituents is 1. The van der Waals surface area contributed by atoms with Crippen LogP contribution in [-0.2, 0) is 9.47 Å². The highest BCUT2D eigenvalue weighted by Crippen LogP contribution is 2.51. The van der Waals surface area contributed by atoms with Crippen molar-refractivity contribution in [3.05, 3.63) is 47.5 Å². The molecule has 6 heteroatoms. The highest BCUT2D eigenvalue weighted by Gasteiger charge is 2.48. The molecule has 27 heavy (non-hydrogen) atoms. The molecule has 2 aromatic rings. The predicted octanol–water partition coefficient (Wildman–Crippen LogP) is 3.49. The molecule has 2 aliphatic heterocycles. The first-order valence-corrected chi connectivity index (χ1v) is 8.98. The van der Waals surface area contributed by atoms with Crippen LogP contribution < -0.4 is 14.2 Å². The monoisotopic (exact) mass is 372 g/mol. The van der Waals surface area contributed by atoms with E-state index in [0.717, 1.165) is 11.1 Å². The number of rotatable bonds is 5. The summed E-state index contributed by atoms with van der Waals surface area (Å²) in [5.74, 6) is 2.48. The zero-order chi connectivity index (χ0) is 19.0. The lowest BCUT2D eigenvalue weighted by Gasteiger charge is -2.18. The summed E-state index contributed by atoms with van der Waals surface area (Å²) in [5, 5.41) is 9.84. The van der Waals surface area contributed by atoms with Crippen LogP contribution in [-0.4, -0.2) is 39.6 Å². The molecule has 4 atom stereocenters. The summed E-state index contributed by atoms with van der Waals surface area (Å²) < 4.78 is 28.3. The van der Waals surface area contributed by atoms with Crippen molar-refractivity contribution in [2.75, 3.05) is 34.5 Å². The van der Waals surface area contributed by atoms with E-state index in [1.54, 1.807) is 27.4 Å². The molecular formula is C21H24O6. The summed E-state index contributed by atoms with van der Waals surface area (Å²) in [6.07, 6.45) is -0.117. The van der Waals surface area contributed by atoms with Gasteiger partial charge >= 0.3 is 0 Å². The van der Waals surface area contributed by atoms with Crippen LogP contribution in [0.2, 0.25) is 0 Å². The van der Waals surface area contributed by atoms with Gasteiger partial charge in [-0.1, -0.05) is 12.1 Å². The number of aromatic hydroxyl groups is 1. The minimum Gasteiger partial charge on any atom is -0.504 e. The Morgan fingerprint density at radius 3 is 1.81 bits per heavy atom. The van der Waals surface area contributed by atoms with E-state index >= 15 is 0 Å². The molecule has 2 fully saturated rings. The summed E-state index contributed by atoms with van der Waals surface area (Å²) >= 11 is 0. The number of hydrogen-bond acceptors (Lipinski definition) is 6. The summed E-state index contributed by atoms with van der Waals surface area (Å²) in [7, 11) is 4.80. The highest BCUT2D eigenvalue weighted by molar-refractivity contribution is 5.45. The molecule has 2 heterocycles. The van der Waals surface area contributed by atoms with Crippen molar-refractivity contribution in [2.45, 2.75) is 12.2 Å². The second-order valence-electron chi connectivity index (χ2n) is 6.88. The summed E-state index contributed by atoms with van der Waals surface area (Å²) in [4.78, 5) is 0. The fraction of sp³-hybridized carbons (Fsp3) is 0.429. The first-order valence-electron chi connectivity index (χ1n) is 8.98. The average Bonchev–Trinajstić information content (AvgIpc) is 3.30. The fourth-order valence-electron chi connectivity index (χ4n) is 4.14. The third-order valence-electron chi connectivity index (χ3n) is 5.53. The van der Waals surface area contributed by atoms with Gasteiger partial charge in [0.25, 0.3) is 0 Å². The van der Waals surface area contributed by atoms with Crippen LogP contribution in [0.5, 0.6) is 23.0 Å². The highest BCUT2D eigenvalue weighted by atomic mass is 16.5. The van der Waals surface area contributed by atoms with Crippen molar-refractivity contribution in [2.24, 2.45) is 11.8 Å². The molecule has 4 rings (SSSR count). The van der Waals surface area contributed by atoms with Gasteiger partial charge in [0.15, 0.2) is 23.0 Å². The topological polar surface area (TPSA) is 66.4 Å². The molecular weight excluding hydrogens is 348 g/mol. The van der Waals surface area contributed by atoms with E-state index in [1.807, 2.05) is 30.3 Å². The Hall–Kier alpha value is -2.44. The Bertz CT molecular complexity index is 820. The van der Waals surface area contributed by atoms with Crippen molar-refractivity contribution in [1.82, 2.24) is 0 Å². The number of phenols is 1. The first kappa shape index (κ1) is 17.9. The summed E-state index contributed by atoms with van der Waals surface area (Å²) in [6, 6.07) is 11.3. The lowest BCUT2D eigenvalue weighted by Crippen LogP contribution is -2.14. The molecule has 0 amide bonds. The molecule has 2 aliphatic rings. The molecule has 144 valence electrons. The molecule has 0 aromatic heterocycles. The van der Waals surface area contributed by atoms with Crippen LogP contribution >= 0.6 is 0 Å². The second-order valence-corrected chi connectivity index (χ2v) is 6.88. The lowest BCUT2D eigenvalue weighted by atomic mass is 9.85. The van der Waals surface area contributed by atoms with E-state index in [1.165, 1.54) is 0 Å². The van der Waals surface area contributed by atoms with Crippen molar-refractivity contribution in [3.8, 4) is 23.0 Å². The van der Waals surface area contributed by atoms with E-state index in [4.69, 9.17) is 23.7 Å². The molecule has 1 N–H and O–H groups in total. The van der Waals surface area contributed by atoms with Crippen LogP contribution in [0.3, 0.4) is 0 Å². The van der Waals surface area contributed by atoms with Gasteiger partial charge in [0.1, 0.15) is 0 Å². The maximum Gasteiger partial charge on any atom is 0.161 e. The van der Waals surface area contributed by atoms with Crippen LogP contribution in [0.15, 0.2) is 36.4 Å². The predicted molar refractivity (Wildman–Crippen MR) is 98.6 cm³/mol. The van der Waals surface area contributed by atoms with Gasteiger partial charge < -0.3 is 28.8 Å². The molecule has 0 aliphatic carbocycles. The quantitative estimate of drug-likeness (QED) is 0.867. The number of benzene rings is 2. The third-order valence-corrected chi connectivity index (χ3v) is 5.53. The van der Waals surface area contributed by atoms with Crippen LogP contribution in [0, 0.1) is 11.8 Å². The number of fused-ring (bicyclic) bond motifs is 1. The minimum absolute atomic E-state index is 0.0428. The maximum atomic E-state index is 9.84. The van der Waals surface area contributed by atoms with Crippen LogP contribution in [0.25, 0.3) is 0 Å². The lowest BCUT2D eigenvalue weighted by molar-refractivity contribution is 0.0191. The largest absolute Gasteiger partial charge is 0.504 e. The number of ether oxygens (including phenoxy) is 5. The SMILES string of the molecule is COc1cc([C@@H]2OC[C@@H]3[C@H]2CO[C@H]3c2ccc(OC)c(OC)c2)ccc1O. The van der Waals surface area contributed by atoms with Crippen molar-refractivity contribution >= 4 is 0 Å². The van der Waals surface area contributed by atoms with E-state index in [-0.39, 0.29) is 29.8 Å². The zero-order valence-corrected chi connectivity index (χ0v) is 15.7. The number of methoxy groups -OCH3 is 3. The standard InChI is InChI=1S/C21H24O6/c1-23-17-7-5-13(9-19(17)25-3)21-15-11-26-20(14(15)10-27-21)12-4-6-16(22)18(8-12)24-2/h4-9,14-15,20-22H,10-11H2,1-3H3/t14-,15-,20+,21+/m1/s1. The summed E-state index contributed by atoms with van der Waals surface area (Å²) in [5.41, 5.74) is 2.06. The van der Waals surface area contributed by atoms with Gasteiger partial charge in [0.05, 0.1) is 46.8 Å². The molecule has 0 unspecified atom stereocenters. The molecule has 0 radical (unpaired) electrons. The van der Waals surface area contributed by atoms with Gasteiger partial charge in [0.2, 0.25) is 0 Å². The smallest absolute Gasteiger partial charge is 0.161 e. The Balaban J connectivity index is 1.57. The Labute approximate surface area is 158 Å². The van der Waals surface area contributed by atoms with E-state index < -0.39 is 0 Å². The van der Waals surface area contributed by atoms with E-state index in [9.17, 15) is 5.11 Å². The second kappa shape index (κ2) is 7.29. The fourth-order valence-corrected chi connectivity index (χ4v) is 4.14. The van der Waals surface area contributed by atoms with Gasteiger partial charge in [-0.25, -0.2) is 0 Å². The molecule has 6 nitrogen and oxygen atoms in total. The van der Waals surface area contributed by atoms with Gasteiger partial charge in [-0.3, -0.25) is 0 Å². The van der Waals surface area contributed by atoms with Crippen molar-refractivity contribution in [3.63, 3.8) is 0 Å².